The van der Waals surface area contributed by atoms with E-state index < -0.39 is 0 Å². The fourth-order valence-electron chi connectivity index (χ4n) is 1.38. The minimum absolute atomic E-state index is 0.301. The summed E-state index contributed by atoms with van der Waals surface area (Å²) in [5.74, 6) is 2.19. The molecule has 1 aromatic rings. The maximum absolute atomic E-state index is 5.84. The molecule has 1 rings (SSSR count). The largest absolute Gasteiger partial charge is 0.496 e. The van der Waals surface area contributed by atoms with Gasteiger partial charge in [-0.2, -0.15) is 0 Å². The number of rotatable bonds is 4. The summed E-state index contributed by atoms with van der Waals surface area (Å²) >= 11 is 5.84. The Hall–Kier alpha value is -0.873. The van der Waals surface area contributed by atoms with Gasteiger partial charge in [-0.05, 0) is 11.3 Å². The molecule has 0 spiro atoms. The highest BCUT2D eigenvalue weighted by atomic mass is 35.5. The lowest BCUT2D eigenvalue weighted by Gasteiger charge is -2.16. The van der Waals surface area contributed by atoms with Crippen LogP contribution in [0.3, 0.4) is 0 Å². The van der Waals surface area contributed by atoms with E-state index in [0.29, 0.717) is 23.1 Å². The molecule has 0 aromatic heterocycles. The number of alkyl halides is 1. The van der Waals surface area contributed by atoms with Crippen molar-refractivity contribution >= 4 is 27.0 Å². The molecular weight excluding hydrogens is 232 g/mol. The second kappa shape index (κ2) is 5.28. The summed E-state index contributed by atoms with van der Waals surface area (Å²) in [7, 11) is 8.16. The molecule has 5 heteroatoms. The molecule has 1 aromatic carbocycles. The molecule has 3 nitrogen and oxygen atoms in total. The third kappa shape index (κ3) is 2.21. The summed E-state index contributed by atoms with van der Waals surface area (Å²) in [6.45, 7) is 0. The van der Waals surface area contributed by atoms with Crippen LogP contribution in [0.5, 0.6) is 17.2 Å². The van der Waals surface area contributed by atoms with E-state index in [2.05, 4.69) is 10.2 Å². The first-order chi connectivity index (χ1) is 7.19. The van der Waals surface area contributed by atoms with Gasteiger partial charge in [0.25, 0.3) is 0 Å². The zero-order valence-corrected chi connectivity index (χ0v) is 10.6. The number of methoxy groups -OCH3 is 3. The average molecular weight is 244 g/mol. The van der Waals surface area contributed by atoms with Gasteiger partial charge in [-0.15, -0.1) is 11.6 Å². The van der Waals surface area contributed by atoms with E-state index >= 15 is 0 Å². The van der Waals surface area contributed by atoms with Gasteiger partial charge in [0.1, 0.15) is 5.75 Å². The minimum atomic E-state index is 0.301. The Morgan fingerprint density at radius 3 is 2.13 bits per heavy atom. The zero-order valence-electron chi connectivity index (χ0n) is 8.89. The van der Waals surface area contributed by atoms with Crippen LogP contribution >= 0.6 is 11.6 Å². The Morgan fingerprint density at radius 2 is 1.73 bits per heavy atom. The highest BCUT2D eigenvalue weighted by molar-refractivity contribution is 6.35. The SMILES string of the molecule is COc1cc([Si])c(OC)c(OC)c1CCl. The molecule has 0 unspecified atom stereocenters. The molecule has 15 heavy (non-hydrogen) atoms. The van der Waals surface area contributed by atoms with Gasteiger partial charge < -0.3 is 14.2 Å². The number of hydrogen-bond acceptors (Lipinski definition) is 3. The van der Waals surface area contributed by atoms with Crippen LogP contribution in [-0.2, 0) is 5.88 Å². The van der Waals surface area contributed by atoms with Gasteiger partial charge >= 0.3 is 0 Å². The number of benzene rings is 1. The molecule has 81 valence electrons. The van der Waals surface area contributed by atoms with Crippen LogP contribution in [0, 0.1) is 0 Å². The van der Waals surface area contributed by atoms with Gasteiger partial charge in [0.05, 0.1) is 43.0 Å². The first kappa shape index (κ1) is 12.2. The highest BCUT2D eigenvalue weighted by Crippen LogP contribution is 2.36. The van der Waals surface area contributed by atoms with Crippen molar-refractivity contribution < 1.29 is 14.2 Å². The molecule has 0 amide bonds. The molecule has 0 heterocycles. The van der Waals surface area contributed by atoms with Crippen molar-refractivity contribution in [1.82, 2.24) is 0 Å². The zero-order chi connectivity index (χ0) is 11.4. The lowest BCUT2D eigenvalue weighted by Crippen LogP contribution is -2.11. The van der Waals surface area contributed by atoms with E-state index in [0.717, 1.165) is 10.8 Å². The van der Waals surface area contributed by atoms with Crippen molar-refractivity contribution in [3.8, 4) is 17.2 Å². The fourth-order valence-corrected chi connectivity index (χ4v) is 1.98. The first-order valence-electron chi connectivity index (χ1n) is 4.29. The van der Waals surface area contributed by atoms with Gasteiger partial charge in [-0.25, -0.2) is 0 Å². The molecular formula is C10H12ClO3Si. The van der Waals surface area contributed by atoms with Crippen LogP contribution in [0.2, 0.25) is 0 Å². The van der Waals surface area contributed by atoms with E-state index in [1.807, 2.05) is 0 Å². The third-order valence-electron chi connectivity index (χ3n) is 2.06. The van der Waals surface area contributed by atoms with Gasteiger partial charge in [0, 0.05) is 0 Å². The van der Waals surface area contributed by atoms with Gasteiger partial charge in [-0.1, -0.05) is 0 Å². The minimum Gasteiger partial charge on any atom is -0.496 e. The summed E-state index contributed by atoms with van der Waals surface area (Å²) in [4.78, 5) is 0. The molecule has 0 fully saturated rings. The monoisotopic (exact) mass is 243 g/mol. The quantitative estimate of drug-likeness (QED) is 0.589. The van der Waals surface area contributed by atoms with E-state index in [9.17, 15) is 0 Å². The van der Waals surface area contributed by atoms with E-state index in [1.54, 1.807) is 27.4 Å². The molecule has 0 saturated heterocycles. The Bertz CT molecular complexity index is 355. The Morgan fingerprint density at radius 1 is 1.13 bits per heavy atom. The maximum Gasteiger partial charge on any atom is 0.168 e. The van der Waals surface area contributed by atoms with E-state index in [4.69, 9.17) is 25.8 Å². The van der Waals surface area contributed by atoms with Crippen LogP contribution in [0.25, 0.3) is 0 Å². The smallest absolute Gasteiger partial charge is 0.168 e. The standard InChI is InChI=1S/C10H12ClO3Si/c1-12-7-4-8(15)10(14-3)9(13-2)6(7)5-11/h4H,5H2,1-3H3. The van der Waals surface area contributed by atoms with Crippen LogP contribution < -0.4 is 19.4 Å². The van der Waals surface area contributed by atoms with Gasteiger partial charge in [0.2, 0.25) is 0 Å². The molecule has 0 bridgehead atoms. The van der Waals surface area contributed by atoms with Crippen molar-refractivity contribution in [2.75, 3.05) is 21.3 Å². The second-order valence-corrected chi connectivity index (χ2v) is 3.61. The van der Waals surface area contributed by atoms with E-state index in [-0.39, 0.29) is 0 Å². The Labute approximate surface area is 97.7 Å². The van der Waals surface area contributed by atoms with Crippen LogP contribution in [-0.4, -0.2) is 31.6 Å². The molecule has 0 aliphatic rings. The van der Waals surface area contributed by atoms with Crippen molar-refractivity contribution in [2.45, 2.75) is 5.88 Å². The molecule has 0 aliphatic heterocycles. The van der Waals surface area contributed by atoms with E-state index in [1.165, 1.54) is 0 Å². The normalized spacial score (nSPS) is 9.93. The van der Waals surface area contributed by atoms with Crippen LogP contribution in [0.1, 0.15) is 5.56 Å². The van der Waals surface area contributed by atoms with Crippen LogP contribution in [0.15, 0.2) is 6.07 Å². The van der Waals surface area contributed by atoms with Crippen LogP contribution in [0.4, 0.5) is 0 Å². The number of hydrogen-bond donors (Lipinski definition) is 0. The lowest BCUT2D eigenvalue weighted by molar-refractivity contribution is 0.348. The predicted octanol–water partition coefficient (Wildman–Crippen LogP) is 1.24. The lowest BCUT2D eigenvalue weighted by atomic mass is 10.2. The van der Waals surface area contributed by atoms with Crippen molar-refractivity contribution in [3.05, 3.63) is 11.6 Å². The number of ether oxygens (including phenoxy) is 3. The predicted molar refractivity (Wildman–Crippen MR) is 61.0 cm³/mol. The Kier molecular flexibility index (Phi) is 4.29. The molecule has 0 N–H and O–H groups in total. The highest BCUT2D eigenvalue weighted by Gasteiger charge is 2.17. The summed E-state index contributed by atoms with van der Waals surface area (Å²) < 4.78 is 15.7. The maximum atomic E-state index is 5.84. The van der Waals surface area contributed by atoms with Crippen molar-refractivity contribution in [3.63, 3.8) is 0 Å². The molecule has 0 saturated carbocycles. The van der Waals surface area contributed by atoms with Gasteiger partial charge in [-0.3, -0.25) is 0 Å². The van der Waals surface area contributed by atoms with Crippen molar-refractivity contribution in [1.29, 1.82) is 0 Å². The summed E-state index contributed by atoms with van der Waals surface area (Å²) in [5, 5.41) is 0.764. The molecule has 0 aliphatic carbocycles. The van der Waals surface area contributed by atoms with Gasteiger partial charge in [0.15, 0.2) is 11.5 Å². The third-order valence-corrected chi connectivity index (χ3v) is 2.70. The van der Waals surface area contributed by atoms with Crippen molar-refractivity contribution in [2.24, 2.45) is 0 Å². The summed E-state index contributed by atoms with van der Waals surface area (Å²) in [6, 6.07) is 1.80. The molecule has 0 atom stereocenters. The fraction of sp³-hybridized carbons (Fsp3) is 0.400. The Balaban J connectivity index is 3.44. The number of halogens is 1. The summed E-state index contributed by atoms with van der Waals surface area (Å²) in [5.41, 5.74) is 0.778. The topological polar surface area (TPSA) is 27.7 Å². The average Bonchev–Trinajstić information content (AvgIpc) is 2.27. The second-order valence-electron chi connectivity index (χ2n) is 2.81. The summed E-state index contributed by atoms with van der Waals surface area (Å²) in [6.07, 6.45) is 0. The molecule has 3 radical (unpaired) electrons. The first-order valence-corrected chi connectivity index (χ1v) is 5.32.